The molecule has 0 unspecified atom stereocenters. The van der Waals surface area contributed by atoms with E-state index in [2.05, 4.69) is 5.10 Å². The van der Waals surface area contributed by atoms with Gasteiger partial charge in [0.15, 0.2) is 0 Å². The Kier molecular flexibility index (Phi) is 5.73. The molecule has 0 saturated carbocycles. The third-order valence-corrected chi connectivity index (χ3v) is 9.09. The van der Waals surface area contributed by atoms with E-state index < -0.39 is 10.0 Å². The van der Waals surface area contributed by atoms with Gasteiger partial charge in [0.05, 0.1) is 23.0 Å². The molecule has 0 bridgehead atoms. The van der Waals surface area contributed by atoms with Gasteiger partial charge in [-0.25, -0.2) is 13.4 Å². The Morgan fingerprint density at radius 3 is 2.58 bits per heavy atom. The first-order chi connectivity index (χ1) is 16.0. The molecule has 5 rings (SSSR count). The van der Waals surface area contributed by atoms with Crippen LogP contribution in [0, 0.1) is 0 Å². The number of sulfonamides is 1. The Hall–Kier alpha value is -3.08. The fraction of sp³-hybridized carbons (Fsp3) is 0.261. The highest BCUT2D eigenvalue weighted by atomic mass is 32.2. The van der Waals surface area contributed by atoms with Crippen molar-refractivity contribution in [3.8, 4) is 11.3 Å². The van der Waals surface area contributed by atoms with Gasteiger partial charge in [0, 0.05) is 49.9 Å². The molecular weight excluding hydrogens is 458 g/mol. The summed E-state index contributed by atoms with van der Waals surface area (Å²) in [4.78, 5) is 20.0. The number of thiophene rings is 1. The molecule has 1 aliphatic rings. The van der Waals surface area contributed by atoms with Crippen LogP contribution in [0.5, 0.6) is 0 Å². The number of hydrogen-bond donors (Lipinski definition) is 0. The van der Waals surface area contributed by atoms with Crippen LogP contribution in [0.3, 0.4) is 0 Å². The molecule has 0 aliphatic carbocycles. The number of nitrogens with zero attached hydrogens (tertiary/aromatic N) is 5. The quantitative estimate of drug-likeness (QED) is 0.436. The molecule has 1 aliphatic heterocycles. The highest BCUT2D eigenvalue weighted by Crippen LogP contribution is 2.27. The predicted octanol–water partition coefficient (Wildman–Crippen LogP) is 3.33. The first-order valence-corrected chi connectivity index (χ1v) is 13.0. The molecule has 4 aromatic rings. The average Bonchev–Trinajstić information content (AvgIpc) is 3.56. The van der Waals surface area contributed by atoms with Gasteiger partial charge in [-0.3, -0.25) is 9.48 Å². The first-order valence-electron chi connectivity index (χ1n) is 10.7. The van der Waals surface area contributed by atoms with E-state index in [1.807, 2.05) is 48.1 Å². The number of aryl methyl sites for hydroxylation is 1. The summed E-state index contributed by atoms with van der Waals surface area (Å²) in [6.07, 6.45) is 3.67. The van der Waals surface area contributed by atoms with E-state index in [0.29, 0.717) is 28.6 Å². The number of aromatic nitrogens is 3. The Morgan fingerprint density at radius 2 is 1.88 bits per heavy atom. The van der Waals surface area contributed by atoms with E-state index >= 15 is 0 Å². The zero-order valence-electron chi connectivity index (χ0n) is 18.1. The molecule has 33 heavy (non-hydrogen) atoms. The minimum Gasteiger partial charge on any atom is -0.336 e. The fourth-order valence-electron chi connectivity index (χ4n) is 4.01. The zero-order chi connectivity index (χ0) is 23.0. The van der Waals surface area contributed by atoms with E-state index in [-0.39, 0.29) is 19.0 Å². The average molecular weight is 482 g/mol. The van der Waals surface area contributed by atoms with Crippen LogP contribution in [-0.4, -0.2) is 64.5 Å². The first kappa shape index (κ1) is 21.7. The van der Waals surface area contributed by atoms with Crippen molar-refractivity contribution in [3.05, 3.63) is 65.8 Å². The molecular formula is C23H23N5O3S2. The molecule has 1 fully saturated rings. The van der Waals surface area contributed by atoms with Crippen LogP contribution in [0.15, 0.2) is 64.4 Å². The number of hydrogen-bond acceptors (Lipinski definition) is 6. The maximum Gasteiger partial charge on any atom is 0.254 e. The second-order valence-electron chi connectivity index (χ2n) is 7.79. The van der Waals surface area contributed by atoms with E-state index in [4.69, 9.17) is 4.98 Å². The van der Waals surface area contributed by atoms with Crippen LogP contribution in [-0.2, 0) is 16.6 Å². The van der Waals surface area contributed by atoms with Crippen LogP contribution < -0.4 is 0 Å². The number of amides is 1. The van der Waals surface area contributed by atoms with Crippen LogP contribution in [0.1, 0.15) is 17.3 Å². The van der Waals surface area contributed by atoms with Gasteiger partial charge in [0.25, 0.3) is 15.9 Å². The molecule has 1 saturated heterocycles. The van der Waals surface area contributed by atoms with Crippen molar-refractivity contribution >= 4 is 38.2 Å². The number of rotatable bonds is 5. The predicted molar refractivity (Wildman–Crippen MR) is 128 cm³/mol. The van der Waals surface area contributed by atoms with Crippen LogP contribution >= 0.6 is 11.3 Å². The smallest absolute Gasteiger partial charge is 0.254 e. The minimum atomic E-state index is -3.52. The van der Waals surface area contributed by atoms with Crippen molar-refractivity contribution < 1.29 is 13.2 Å². The summed E-state index contributed by atoms with van der Waals surface area (Å²) in [5.74, 6) is -0.120. The monoisotopic (exact) mass is 481 g/mol. The molecule has 8 nitrogen and oxygen atoms in total. The van der Waals surface area contributed by atoms with Gasteiger partial charge < -0.3 is 4.90 Å². The highest BCUT2D eigenvalue weighted by Gasteiger charge is 2.31. The summed E-state index contributed by atoms with van der Waals surface area (Å²) < 4.78 is 29.2. The summed E-state index contributed by atoms with van der Waals surface area (Å²) in [5, 5.41) is 6.86. The largest absolute Gasteiger partial charge is 0.336 e. The Labute approximate surface area is 196 Å². The van der Waals surface area contributed by atoms with E-state index in [9.17, 15) is 13.2 Å². The number of pyridine rings is 1. The van der Waals surface area contributed by atoms with Crippen molar-refractivity contribution in [3.63, 3.8) is 0 Å². The lowest BCUT2D eigenvalue weighted by Crippen LogP contribution is -2.50. The van der Waals surface area contributed by atoms with Crippen molar-refractivity contribution in [2.45, 2.75) is 17.7 Å². The van der Waals surface area contributed by atoms with Crippen LogP contribution in [0.25, 0.3) is 22.2 Å². The van der Waals surface area contributed by atoms with Gasteiger partial charge >= 0.3 is 0 Å². The Morgan fingerprint density at radius 1 is 1.09 bits per heavy atom. The van der Waals surface area contributed by atoms with Crippen molar-refractivity contribution in [2.24, 2.45) is 0 Å². The zero-order valence-corrected chi connectivity index (χ0v) is 19.7. The van der Waals surface area contributed by atoms with Gasteiger partial charge in [-0.1, -0.05) is 24.3 Å². The molecule has 0 atom stereocenters. The van der Waals surface area contributed by atoms with Gasteiger partial charge in [-0.15, -0.1) is 11.3 Å². The Bertz CT molecular complexity index is 1410. The third-order valence-electron chi connectivity index (χ3n) is 5.81. The third kappa shape index (κ3) is 4.05. The summed E-state index contributed by atoms with van der Waals surface area (Å²) >= 11 is 1.21. The molecule has 3 aromatic heterocycles. The van der Waals surface area contributed by atoms with Gasteiger partial charge in [0.1, 0.15) is 4.21 Å². The van der Waals surface area contributed by atoms with E-state index in [0.717, 1.165) is 23.0 Å². The van der Waals surface area contributed by atoms with Gasteiger partial charge in [-0.05, 0) is 30.5 Å². The summed E-state index contributed by atoms with van der Waals surface area (Å²) in [5.41, 5.74) is 2.84. The molecule has 1 aromatic carbocycles. The lowest BCUT2D eigenvalue weighted by Gasteiger charge is -2.34. The summed E-state index contributed by atoms with van der Waals surface area (Å²) in [6, 6.07) is 12.7. The fourth-order valence-corrected chi connectivity index (χ4v) is 6.58. The molecule has 0 radical (unpaired) electrons. The van der Waals surface area contributed by atoms with E-state index in [1.54, 1.807) is 28.6 Å². The van der Waals surface area contributed by atoms with Crippen molar-refractivity contribution in [1.29, 1.82) is 0 Å². The van der Waals surface area contributed by atoms with Crippen LogP contribution in [0.4, 0.5) is 0 Å². The molecule has 10 heteroatoms. The summed E-state index contributed by atoms with van der Waals surface area (Å²) in [6.45, 7) is 3.97. The minimum absolute atomic E-state index is 0.120. The molecule has 0 spiro atoms. The lowest BCUT2D eigenvalue weighted by atomic mass is 10.0. The maximum atomic E-state index is 13.6. The maximum absolute atomic E-state index is 13.6. The number of carbonyl (C=O) groups is 1. The molecule has 0 N–H and O–H groups in total. The number of piperazine rings is 1. The Balaban J connectivity index is 1.43. The molecule has 170 valence electrons. The second kappa shape index (κ2) is 8.69. The molecule has 4 heterocycles. The SMILES string of the molecule is CCn1cc(-c2cc(C(=O)N3CCN(S(=O)(=O)c4cccs4)CC3)c3ccccc3n2)cn1. The second-order valence-corrected chi connectivity index (χ2v) is 10.9. The number of para-hydroxylation sites is 1. The topological polar surface area (TPSA) is 88.4 Å². The molecule has 1 amide bonds. The summed E-state index contributed by atoms with van der Waals surface area (Å²) in [7, 11) is -3.52. The number of fused-ring (bicyclic) bond motifs is 1. The highest BCUT2D eigenvalue weighted by molar-refractivity contribution is 7.91. The van der Waals surface area contributed by atoms with Gasteiger partial charge in [0.2, 0.25) is 0 Å². The number of carbonyl (C=O) groups excluding carboxylic acids is 1. The van der Waals surface area contributed by atoms with Crippen LogP contribution in [0.2, 0.25) is 0 Å². The van der Waals surface area contributed by atoms with Gasteiger partial charge in [-0.2, -0.15) is 9.40 Å². The van der Waals surface area contributed by atoms with E-state index in [1.165, 1.54) is 15.6 Å². The number of benzene rings is 1. The van der Waals surface area contributed by atoms with Crippen molar-refractivity contribution in [2.75, 3.05) is 26.2 Å². The standard InChI is InChI=1S/C23H23N5O3S2/c1-2-27-16-17(15-24-27)21-14-19(18-6-3-4-7-20(18)25-21)23(29)26-9-11-28(12-10-26)33(30,31)22-8-5-13-32-22/h3-8,13-16H,2,9-12H2,1H3. The van der Waals surface area contributed by atoms with Crippen molar-refractivity contribution in [1.82, 2.24) is 24.0 Å². The normalized spacial score (nSPS) is 15.2. The lowest BCUT2D eigenvalue weighted by molar-refractivity contribution is 0.0700.